The third-order valence-electron chi connectivity index (χ3n) is 1.36. The van der Waals surface area contributed by atoms with E-state index in [0.717, 1.165) is 10.5 Å². The normalized spacial score (nSPS) is 11.2. The zero-order valence-electron chi connectivity index (χ0n) is 9.06. The highest BCUT2D eigenvalue weighted by molar-refractivity contribution is 6.40. The van der Waals surface area contributed by atoms with Gasteiger partial charge in [0.1, 0.15) is 20.2 Å². The first-order valence-corrected chi connectivity index (χ1v) is 8.86. The quantitative estimate of drug-likeness (QED) is 0.468. The van der Waals surface area contributed by atoms with Gasteiger partial charge in [0.2, 0.25) is 0 Å². The van der Waals surface area contributed by atoms with Crippen LogP contribution in [0.3, 0.4) is 0 Å². The monoisotopic (exact) mass is 224 g/mol. The van der Waals surface area contributed by atoms with E-state index in [1.165, 1.54) is 25.7 Å². The zero-order valence-corrected chi connectivity index (χ0v) is 13.9. The van der Waals surface area contributed by atoms with Crippen LogP contribution in [0.4, 0.5) is 0 Å². The van der Waals surface area contributed by atoms with Crippen molar-refractivity contribution in [2.45, 2.75) is 46.1 Å². The van der Waals surface area contributed by atoms with Crippen LogP contribution in [-0.4, -0.2) is 30.3 Å². The summed E-state index contributed by atoms with van der Waals surface area (Å²) in [6.07, 6.45) is 5.54. The van der Waals surface area contributed by atoms with E-state index >= 15 is 0 Å². The molecule has 12 heavy (non-hydrogen) atoms. The molecule has 0 spiro atoms. The Kier molecular flexibility index (Phi) is 22.1. The second kappa shape index (κ2) is 17.6. The van der Waals surface area contributed by atoms with Gasteiger partial charge >= 0.3 is 0 Å². The van der Waals surface area contributed by atoms with Crippen LogP contribution in [0.5, 0.6) is 0 Å². The number of unbranched alkanes of at least 4 members (excludes halogenated alkanes) is 3. The minimum Gasteiger partial charge on any atom is -0.449 e. The van der Waals surface area contributed by atoms with Gasteiger partial charge in [0.25, 0.3) is 10.0 Å². The van der Waals surface area contributed by atoms with Gasteiger partial charge in [-0.3, -0.25) is 0 Å². The van der Waals surface area contributed by atoms with E-state index in [0.29, 0.717) is 0 Å². The van der Waals surface area contributed by atoms with Gasteiger partial charge in [-0.05, 0) is 0 Å². The summed E-state index contributed by atoms with van der Waals surface area (Å²) < 4.78 is 9.95. The van der Waals surface area contributed by atoms with E-state index in [9.17, 15) is 0 Å². The van der Waals surface area contributed by atoms with Gasteiger partial charge in [0.15, 0.2) is 0 Å². The van der Waals surface area contributed by atoms with Crippen LogP contribution in [0.2, 0.25) is 6.55 Å². The molecule has 2 nitrogen and oxygen atoms in total. The van der Waals surface area contributed by atoms with Crippen LogP contribution in [-0.2, 0) is 8.23 Å². The van der Waals surface area contributed by atoms with Gasteiger partial charge in [-0.15, -0.1) is 0 Å². The Morgan fingerprint density at radius 1 is 1.17 bits per heavy atom. The van der Waals surface area contributed by atoms with E-state index in [-0.39, 0.29) is 9.76 Å². The van der Waals surface area contributed by atoms with Crippen LogP contribution in [0.1, 0.15) is 39.5 Å². The maximum Gasteiger partial charge on any atom is 0.282 e. The van der Waals surface area contributed by atoms with Crippen LogP contribution in [0, 0.1) is 0 Å². The van der Waals surface area contributed by atoms with Crippen LogP contribution >= 0.6 is 0 Å². The van der Waals surface area contributed by atoms with Crippen LogP contribution in [0.25, 0.3) is 0 Å². The summed E-state index contributed by atoms with van der Waals surface area (Å²) in [5.74, 6) is 0. The van der Waals surface area contributed by atoms with E-state index in [4.69, 9.17) is 8.23 Å². The lowest BCUT2D eigenvalue weighted by molar-refractivity contribution is 0.505. The Balaban J connectivity index is 0. The largest absolute Gasteiger partial charge is 0.449 e. The van der Waals surface area contributed by atoms with Crippen LogP contribution in [0.15, 0.2) is 0 Å². The minimum absolute atomic E-state index is 0.138. The molecule has 0 unspecified atom stereocenters. The molecule has 76 valence electrons. The Bertz CT molecular complexity index is 48.6. The summed E-state index contributed by atoms with van der Waals surface area (Å²) >= 11 is 0. The molecule has 0 saturated carbocycles. The smallest absolute Gasteiger partial charge is 0.282 e. The van der Waals surface area contributed by atoms with Gasteiger partial charge in [0.05, 0.1) is 0 Å². The molecule has 5 heteroatoms. The number of hydrogen-bond donors (Lipinski definition) is 0. The minimum atomic E-state index is -0.455. The van der Waals surface area contributed by atoms with Crippen molar-refractivity contribution < 1.29 is 8.23 Å². The molecular weight excluding hydrogens is 200 g/mol. The number of rotatable bonds is 6. The molecule has 0 aromatic rings. The molecule has 0 saturated heterocycles. The third kappa shape index (κ3) is 22.4. The first-order chi connectivity index (χ1) is 5.83. The molecule has 0 aliphatic rings. The molecule has 0 heterocycles. The maximum atomic E-state index is 5.07. The second-order valence-corrected chi connectivity index (χ2v) is 7.36. The molecule has 0 fully saturated rings. The molecule has 0 amide bonds. The fourth-order valence-electron chi connectivity index (χ4n) is 0.667. The third-order valence-corrected chi connectivity index (χ3v) is 4.60. The lowest BCUT2D eigenvalue weighted by Gasteiger charge is -1.93. The summed E-state index contributed by atoms with van der Waals surface area (Å²) in [6, 6.07) is 0. The zero-order chi connectivity index (χ0) is 9.66. The average molecular weight is 225 g/mol. The van der Waals surface area contributed by atoms with Crippen molar-refractivity contribution >= 4 is 30.3 Å². The maximum absolute atomic E-state index is 5.07. The van der Waals surface area contributed by atoms with Crippen molar-refractivity contribution in [1.29, 1.82) is 0 Å². The molecule has 0 aromatic carbocycles. The summed E-state index contributed by atoms with van der Waals surface area (Å²) in [5.41, 5.74) is 0. The Labute approximate surface area is 85.0 Å². The summed E-state index contributed by atoms with van der Waals surface area (Å²) in [5, 5.41) is 0. The molecule has 0 radical (unpaired) electrons. The molecule has 0 aliphatic carbocycles. The van der Waals surface area contributed by atoms with Crippen molar-refractivity contribution in [3.05, 3.63) is 0 Å². The molecular formula is C7H24O2Si3. The summed E-state index contributed by atoms with van der Waals surface area (Å²) in [6.45, 7) is 6.58. The highest BCUT2D eigenvalue weighted by Gasteiger charge is 1.75. The van der Waals surface area contributed by atoms with Gasteiger partial charge in [-0.1, -0.05) is 46.1 Å². The van der Waals surface area contributed by atoms with Crippen molar-refractivity contribution in [2.24, 2.45) is 0 Å². The topological polar surface area (TPSA) is 18.5 Å². The summed E-state index contributed by atoms with van der Waals surface area (Å²) in [4.78, 5) is 0. The lowest BCUT2D eigenvalue weighted by Crippen LogP contribution is -2.02. The first kappa shape index (κ1) is 15.1. The highest BCUT2D eigenvalue weighted by Crippen LogP contribution is 1.95. The lowest BCUT2D eigenvalue weighted by atomic mass is 10.2. The Morgan fingerprint density at radius 2 is 1.67 bits per heavy atom. The van der Waals surface area contributed by atoms with E-state index in [1.54, 1.807) is 0 Å². The molecule has 0 atom stereocenters. The SMILES string of the molecule is CCCCCC.C[SiH2]O[SiH2]O[SiH3]. The Morgan fingerprint density at radius 3 is 1.83 bits per heavy atom. The van der Waals surface area contributed by atoms with E-state index in [1.807, 2.05) is 0 Å². The molecule has 0 bridgehead atoms. The van der Waals surface area contributed by atoms with Crippen molar-refractivity contribution in [3.8, 4) is 0 Å². The van der Waals surface area contributed by atoms with E-state index in [2.05, 4.69) is 20.4 Å². The average Bonchev–Trinajstić information content (AvgIpc) is 2.12. The standard InChI is InChI=1S/C6H14.CH10O2Si3/c1-3-5-6-4-2;1-5-3-6-2-4/h3-6H2,1-2H3;5-6H2,1,4H3. The van der Waals surface area contributed by atoms with Gasteiger partial charge in [-0.25, -0.2) is 0 Å². The first-order valence-electron chi connectivity index (χ1n) is 4.90. The van der Waals surface area contributed by atoms with Gasteiger partial charge in [0, 0.05) is 0 Å². The molecule has 0 rings (SSSR count). The van der Waals surface area contributed by atoms with Gasteiger partial charge < -0.3 is 8.23 Å². The molecule has 0 aliphatic heterocycles. The van der Waals surface area contributed by atoms with Crippen LogP contribution < -0.4 is 0 Å². The highest BCUT2D eigenvalue weighted by atomic mass is 28.3. The van der Waals surface area contributed by atoms with Crippen molar-refractivity contribution in [3.63, 3.8) is 0 Å². The molecule has 0 N–H and O–H groups in total. The van der Waals surface area contributed by atoms with Crippen molar-refractivity contribution in [1.82, 2.24) is 0 Å². The predicted octanol–water partition coefficient (Wildman–Crippen LogP) is 0.0173. The van der Waals surface area contributed by atoms with E-state index < -0.39 is 10.0 Å². The Hall–Kier alpha value is 0.571. The van der Waals surface area contributed by atoms with Crippen molar-refractivity contribution in [2.75, 3.05) is 0 Å². The summed E-state index contributed by atoms with van der Waals surface area (Å²) in [7, 11) is 0.269. The van der Waals surface area contributed by atoms with Gasteiger partial charge in [-0.2, -0.15) is 0 Å². The predicted molar refractivity (Wildman–Crippen MR) is 64.9 cm³/mol. The fraction of sp³-hybridized carbons (Fsp3) is 1.00. The fourth-order valence-corrected chi connectivity index (χ4v) is 3.50. The molecule has 0 aromatic heterocycles. The second-order valence-electron chi connectivity index (χ2n) is 2.61. The number of hydrogen-bond acceptors (Lipinski definition) is 2.